The maximum atomic E-state index is 11.9. The second kappa shape index (κ2) is 5.68. The first-order chi connectivity index (χ1) is 8.94. The summed E-state index contributed by atoms with van der Waals surface area (Å²) in [6, 6.07) is 6.81. The monoisotopic (exact) mass is 297 g/mol. The fourth-order valence-electron chi connectivity index (χ4n) is 1.55. The summed E-state index contributed by atoms with van der Waals surface area (Å²) in [6.07, 6.45) is 1.69. The lowest BCUT2D eigenvalue weighted by atomic mass is 10.2. The summed E-state index contributed by atoms with van der Waals surface area (Å²) in [7, 11) is -3.35. The largest absolute Gasteiger partial charge is 0.399 e. The fourth-order valence-corrected chi connectivity index (χ4v) is 3.49. The minimum absolute atomic E-state index is 0.0505. The highest BCUT2D eigenvalue weighted by atomic mass is 32.2. The standard InChI is InChI=1S/C12H15N3O2S2/c1-9-14-6-12(18-9)7-15-19(16,17)8-10-2-4-11(13)5-3-10/h2-6,15H,7-8,13H2,1H3. The number of aryl methyl sites for hydroxylation is 1. The molecular formula is C12H15N3O2S2. The van der Waals surface area contributed by atoms with Crippen LogP contribution >= 0.6 is 11.3 Å². The molecule has 3 N–H and O–H groups in total. The third kappa shape index (κ3) is 4.30. The summed E-state index contributed by atoms with van der Waals surface area (Å²) in [4.78, 5) is 4.98. The van der Waals surface area contributed by atoms with Gasteiger partial charge in [-0.2, -0.15) is 0 Å². The predicted molar refractivity (Wildman–Crippen MR) is 77.2 cm³/mol. The molecule has 2 rings (SSSR count). The van der Waals surface area contributed by atoms with Crippen molar-refractivity contribution < 1.29 is 8.42 Å². The maximum Gasteiger partial charge on any atom is 0.216 e. The molecule has 0 fully saturated rings. The number of hydrogen-bond acceptors (Lipinski definition) is 5. The van der Waals surface area contributed by atoms with Gasteiger partial charge in [-0.15, -0.1) is 11.3 Å². The van der Waals surface area contributed by atoms with Crippen LogP contribution in [0.1, 0.15) is 15.4 Å². The van der Waals surface area contributed by atoms with E-state index in [1.807, 2.05) is 6.92 Å². The van der Waals surface area contributed by atoms with Crippen molar-refractivity contribution in [2.45, 2.75) is 19.2 Å². The molecule has 0 saturated carbocycles. The second-order valence-corrected chi connectivity index (χ2v) is 7.29. The van der Waals surface area contributed by atoms with Gasteiger partial charge in [0.05, 0.1) is 10.8 Å². The first kappa shape index (κ1) is 14.0. The topological polar surface area (TPSA) is 85.1 Å². The van der Waals surface area contributed by atoms with E-state index >= 15 is 0 Å². The van der Waals surface area contributed by atoms with E-state index in [1.165, 1.54) is 11.3 Å². The molecule has 1 aromatic heterocycles. The molecule has 2 aromatic rings. The number of nitrogens with zero attached hydrogens (tertiary/aromatic N) is 1. The molecule has 0 amide bonds. The number of aromatic nitrogens is 1. The first-order valence-corrected chi connectivity index (χ1v) is 8.14. The highest BCUT2D eigenvalue weighted by molar-refractivity contribution is 7.88. The molecule has 0 atom stereocenters. The molecule has 7 heteroatoms. The highest BCUT2D eigenvalue weighted by Gasteiger charge is 2.12. The van der Waals surface area contributed by atoms with Crippen molar-refractivity contribution in [2.75, 3.05) is 5.73 Å². The average molecular weight is 297 g/mol. The van der Waals surface area contributed by atoms with Crippen LogP contribution in [0.5, 0.6) is 0 Å². The average Bonchev–Trinajstić information content (AvgIpc) is 2.76. The molecule has 1 heterocycles. The van der Waals surface area contributed by atoms with Gasteiger partial charge in [-0.3, -0.25) is 0 Å². The summed E-state index contributed by atoms with van der Waals surface area (Å²) in [5.41, 5.74) is 6.89. The molecule has 5 nitrogen and oxygen atoms in total. The second-order valence-electron chi connectivity index (χ2n) is 4.17. The molecule has 0 unspecified atom stereocenters. The van der Waals surface area contributed by atoms with Gasteiger partial charge in [0.15, 0.2) is 0 Å². The van der Waals surface area contributed by atoms with E-state index in [4.69, 9.17) is 5.73 Å². The van der Waals surface area contributed by atoms with Crippen LogP contribution in [0.25, 0.3) is 0 Å². The lowest BCUT2D eigenvalue weighted by Crippen LogP contribution is -2.24. The Bertz CT molecular complexity index is 648. The molecule has 0 aliphatic rings. The van der Waals surface area contributed by atoms with E-state index in [0.29, 0.717) is 11.3 Å². The number of benzene rings is 1. The lowest BCUT2D eigenvalue weighted by Gasteiger charge is -2.05. The third-order valence-corrected chi connectivity index (χ3v) is 4.68. The Kier molecular flexibility index (Phi) is 4.18. The first-order valence-electron chi connectivity index (χ1n) is 5.68. The van der Waals surface area contributed by atoms with Gasteiger partial charge in [0.2, 0.25) is 10.0 Å². The Morgan fingerprint density at radius 1 is 1.32 bits per heavy atom. The summed E-state index contributed by atoms with van der Waals surface area (Å²) < 4.78 is 26.4. The molecule has 0 bridgehead atoms. The summed E-state index contributed by atoms with van der Waals surface area (Å²) >= 11 is 1.48. The molecule has 0 spiro atoms. The van der Waals surface area contributed by atoms with Crippen molar-refractivity contribution in [3.05, 3.63) is 45.9 Å². The number of sulfonamides is 1. The normalized spacial score (nSPS) is 11.6. The number of nitrogens with one attached hydrogen (secondary N) is 1. The van der Waals surface area contributed by atoms with Crippen molar-refractivity contribution in [1.29, 1.82) is 0 Å². The van der Waals surface area contributed by atoms with Crippen LogP contribution < -0.4 is 10.5 Å². The van der Waals surface area contributed by atoms with E-state index < -0.39 is 10.0 Å². The van der Waals surface area contributed by atoms with Gasteiger partial charge in [0.1, 0.15) is 0 Å². The summed E-state index contributed by atoms with van der Waals surface area (Å²) in [5, 5.41) is 0.924. The lowest BCUT2D eigenvalue weighted by molar-refractivity contribution is 0.581. The fraction of sp³-hybridized carbons (Fsp3) is 0.250. The Labute approximate surface area is 116 Å². The molecule has 19 heavy (non-hydrogen) atoms. The summed E-state index contributed by atoms with van der Waals surface area (Å²) in [5.74, 6) is -0.0505. The number of anilines is 1. The maximum absolute atomic E-state index is 11.9. The van der Waals surface area contributed by atoms with Crippen LogP contribution in [0.2, 0.25) is 0 Å². The zero-order valence-corrected chi connectivity index (χ0v) is 12.1. The van der Waals surface area contributed by atoms with Crippen molar-refractivity contribution in [3.8, 4) is 0 Å². The van der Waals surface area contributed by atoms with Gasteiger partial charge in [-0.1, -0.05) is 12.1 Å². The van der Waals surface area contributed by atoms with Crippen molar-refractivity contribution in [3.63, 3.8) is 0 Å². The number of nitrogens with two attached hydrogens (primary N) is 1. The van der Waals surface area contributed by atoms with E-state index in [-0.39, 0.29) is 12.3 Å². The van der Waals surface area contributed by atoms with Crippen LogP contribution in [0.4, 0.5) is 5.69 Å². The Morgan fingerprint density at radius 2 is 2.00 bits per heavy atom. The minimum Gasteiger partial charge on any atom is -0.399 e. The Hall–Kier alpha value is -1.44. The van der Waals surface area contributed by atoms with Crippen LogP contribution in [0.3, 0.4) is 0 Å². The van der Waals surface area contributed by atoms with Crippen LogP contribution in [-0.2, 0) is 22.3 Å². The van der Waals surface area contributed by atoms with E-state index in [9.17, 15) is 8.42 Å². The van der Waals surface area contributed by atoms with Crippen LogP contribution in [-0.4, -0.2) is 13.4 Å². The summed E-state index contributed by atoms with van der Waals surface area (Å²) in [6.45, 7) is 2.17. The predicted octanol–water partition coefficient (Wildman–Crippen LogP) is 1.65. The van der Waals surface area contributed by atoms with E-state index in [1.54, 1.807) is 30.5 Å². The van der Waals surface area contributed by atoms with E-state index in [2.05, 4.69) is 9.71 Å². The van der Waals surface area contributed by atoms with Gasteiger partial charge >= 0.3 is 0 Å². The third-order valence-electron chi connectivity index (χ3n) is 2.47. The van der Waals surface area contributed by atoms with Gasteiger partial charge in [0, 0.05) is 23.3 Å². The zero-order valence-electron chi connectivity index (χ0n) is 10.5. The molecular weight excluding hydrogens is 282 g/mol. The Balaban J connectivity index is 1.97. The molecule has 102 valence electrons. The molecule has 0 radical (unpaired) electrons. The van der Waals surface area contributed by atoms with Crippen LogP contribution in [0, 0.1) is 6.92 Å². The van der Waals surface area contributed by atoms with Crippen molar-refractivity contribution in [2.24, 2.45) is 0 Å². The molecule has 0 aliphatic heterocycles. The Morgan fingerprint density at radius 3 is 2.58 bits per heavy atom. The number of rotatable bonds is 5. The quantitative estimate of drug-likeness (QED) is 0.822. The molecule has 0 saturated heterocycles. The zero-order chi connectivity index (χ0) is 13.9. The molecule has 0 aliphatic carbocycles. The van der Waals surface area contributed by atoms with Crippen molar-refractivity contribution in [1.82, 2.24) is 9.71 Å². The van der Waals surface area contributed by atoms with Crippen molar-refractivity contribution >= 4 is 27.0 Å². The van der Waals surface area contributed by atoms with E-state index in [0.717, 1.165) is 9.88 Å². The molecule has 1 aromatic carbocycles. The SMILES string of the molecule is Cc1ncc(CNS(=O)(=O)Cc2ccc(N)cc2)s1. The van der Waals surface area contributed by atoms with Gasteiger partial charge < -0.3 is 5.73 Å². The number of thiazole rings is 1. The number of hydrogen-bond donors (Lipinski definition) is 2. The van der Waals surface area contributed by atoms with Gasteiger partial charge in [-0.05, 0) is 24.6 Å². The minimum atomic E-state index is -3.35. The van der Waals surface area contributed by atoms with Gasteiger partial charge in [0.25, 0.3) is 0 Å². The number of nitrogen functional groups attached to an aromatic ring is 1. The smallest absolute Gasteiger partial charge is 0.216 e. The van der Waals surface area contributed by atoms with Crippen LogP contribution in [0.15, 0.2) is 30.5 Å². The highest BCUT2D eigenvalue weighted by Crippen LogP contribution is 2.12. The van der Waals surface area contributed by atoms with Gasteiger partial charge in [-0.25, -0.2) is 18.1 Å².